The van der Waals surface area contributed by atoms with E-state index in [0.29, 0.717) is 12.1 Å². The molecule has 0 aliphatic carbocycles. The van der Waals surface area contributed by atoms with Crippen molar-refractivity contribution in [1.29, 1.82) is 0 Å². The zero-order valence-electron chi connectivity index (χ0n) is 18.9. The molecule has 1 aliphatic heterocycles. The van der Waals surface area contributed by atoms with Crippen LogP contribution >= 0.6 is 0 Å². The van der Waals surface area contributed by atoms with Gasteiger partial charge in [0.15, 0.2) is 0 Å². The molecule has 2 N–H and O–H groups in total. The summed E-state index contributed by atoms with van der Waals surface area (Å²) in [6, 6.07) is 12.2. The van der Waals surface area contributed by atoms with E-state index in [0.717, 1.165) is 44.9 Å². The fourth-order valence-electron chi connectivity index (χ4n) is 3.64. The summed E-state index contributed by atoms with van der Waals surface area (Å²) in [5, 5.41) is 16.0. The molecule has 0 spiro atoms. The molecular formula is C23H29N5O5. The molecule has 2 aromatic rings. The van der Waals surface area contributed by atoms with Gasteiger partial charge in [-0.1, -0.05) is 6.07 Å². The van der Waals surface area contributed by atoms with Crippen molar-refractivity contribution < 1.29 is 19.2 Å². The fourth-order valence-corrected chi connectivity index (χ4v) is 3.64. The van der Waals surface area contributed by atoms with Gasteiger partial charge in [-0.2, -0.15) is 0 Å². The molecule has 2 aromatic carbocycles. The molecule has 2 amide bonds. The molecular weight excluding hydrogens is 426 g/mol. The summed E-state index contributed by atoms with van der Waals surface area (Å²) < 4.78 is 5.20. The van der Waals surface area contributed by atoms with Crippen LogP contribution in [0.2, 0.25) is 0 Å². The second-order valence-electron chi connectivity index (χ2n) is 7.85. The van der Waals surface area contributed by atoms with Crippen molar-refractivity contribution in [1.82, 2.24) is 10.2 Å². The van der Waals surface area contributed by atoms with Crippen LogP contribution in [0.5, 0.6) is 5.75 Å². The Bertz CT molecular complexity index is 987. The highest BCUT2D eigenvalue weighted by Crippen LogP contribution is 2.22. The van der Waals surface area contributed by atoms with Gasteiger partial charge < -0.3 is 20.3 Å². The molecule has 33 heavy (non-hydrogen) atoms. The zero-order valence-corrected chi connectivity index (χ0v) is 18.9. The highest BCUT2D eigenvalue weighted by molar-refractivity contribution is 6.39. The highest BCUT2D eigenvalue weighted by atomic mass is 16.6. The van der Waals surface area contributed by atoms with Gasteiger partial charge in [-0.25, -0.2) is 0 Å². The molecule has 1 aliphatic rings. The lowest BCUT2D eigenvalue weighted by molar-refractivity contribution is -0.384. The van der Waals surface area contributed by atoms with E-state index >= 15 is 0 Å². The van der Waals surface area contributed by atoms with Crippen LogP contribution in [0.15, 0.2) is 42.5 Å². The monoisotopic (exact) mass is 455 g/mol. The van der Waals surface area contributed by atoms with Crippen LogP contribution in [-0.4, -0.2) is 68.0 Å². The smallest absolute Gasteiger partial charge is 0.313 e. The van der Waals surface area contributed by atoms with Gasteiger partial charge in [0, 0.05) is 50.5 Å². The summed E-state index contributed by atoms with van der Waals surface area (Å²) >= 11 is 0. The Morgan fingerprint density at radius 1 is 1.06 bits per heavy atom. The van der Waals surface area contributed by atoms with E-state index in [1.165, 1.54) is 23.9 Å². The molecule has 3 rings (SSSR count). The van der Waals surface area contributed by atoms with Crippen molar-refractivity contribution in [2.45, 2.75) is 13.3 Å². The van der Waals surface area contributed by atoms with Crippen molar-refractivity contribution >= 4 is 28.9 Å². The first-order valence-corrected chi connectivity index (χ1v) is 10.8. The minimum absolute atomic E-state index is 0.150. The number of anilines is 2. The molecule has 1 heterocycles. The summed E-state index contributed by atoms with van der Waals surface area (Å²) in [5.41, 5.74) is 1.91. The largest absolute Gasteiger partial charge is 0.497 e. The van der Waals surface area contributed by atoms with Gasteiger partial charge in [0.25, 0.3) is 5.69 Å². The maximum Gasteiger partial charge on any atom is 0.313 e. The molecule has 10 nitrogen and oxygen atoms in total. The lowest BCUT2D eigenvalue weighted by Gasteiger charge is -2.36. The van der Waals surface area contributed by atoms with Crippen molar-refractivity contribution in [3.8, 4) is 5.75 Å². The van der Waals surface area contributed by atoms with Crippen LogP contribution in [0.1, 0.15) is 12.0 Å². The van der Waals surface area contributed by atoms with Crippen LogP contribution in [-0.2, 0) is 9.59 Å². The number of nitrogens with zero attached hydrogens (tertiary/aromatic N) is 3. The molecule has 0 saturated carbocycles. The first-order valence-electron chi connectivity index (χ1n) is 10.8. The summed E-state index contributed by atoms with van der Waals surface area (Å²) in [6.07, 6.45) is 0.720. The number of benzene rings is 2. The van der Waals surface area contributed by atoms with Gasteiger partial charge in [0.1, 0.15) is 5.75 Å². The number of carbonyl (C=O) groups is 2. The topological polar surface area (TPSA) is 117 Å². The average Bonchev–Trinajstić information content (AvgIpc) is 2.83. The third-order valence-electron chi connectivity index (χ3n) is 5.63. The Morgan fingerprint density at radius 2 is 1.76 bits per heavy atom. The summed E-state index contributed by atoms with van der Waals surface area (Å²) in [5.74, 6) is -0.759. The number of methoxy groups -OCH3 is 1. The zero-order chi connectivity index (χ0) is 23.8. The van der Waals surface area contributed by atoms with E-state index in [2.05, 4.69) is 32.6 Å². The van der Waals surface area contributed by atoms with Crippen LogP contribution < -0.4 is 20.3 Å². The first-order chi connectivity index (χ1) is 15.9. The molecule has 1 fully saturated rings. The maximum atomic E-state index is 12.1. The lowest BCUT2D eigenvalue weighted by atomic mass is 10.2. The quantitative estimate of drug-likeness (QED) is 0.271. The van der Waals surface area contributed by atoms with E-state index in [4.69, 9.17) is 4.74 Å². The van der Waals surface area contributed by atoms with E-state index in [1.807, 2.05) is 12.1 Å². The van der Waals surface area contributed by atoms with E-state index in [1.54, 1.807) is 14.0 Å². The number of ether oxygens (including phenoxy) is 1. The molecule has 0 radical (unpaired) electrons. The number of carbonyl (C=O) groups excluding carboxylic acids is 2. The fraction of sp³-hybridized carbons (Fsp3) is 0.391. The minimum Gasteiger partial charge on any atom is -0.497 e. The Morgan fingerprint density at radius 3 is 2.39 bits per heavy atom. The van der Waals surface area contributed by atoms with E-state index < -0.39 is 16.7 Å². The van der Waals surface area contributed by atoms with Gasteiger partial charge in [-0.15, -0.1) is 0 Å². The number of hydrogen-bond acceptors (Lipinski definition) is 7. The number of piperazine rings is 1. The Kier molecular flexibility index (Phi) is 8.20. The highest BCUT2D eigenvalue weighted by Gasteiger charge is 2.18. The van der Waals surface area contributed by atoms with Crippen molar-refractivity contribution in [2.24, 2.45) is 0 Å². The summed E-state index contributed by atoms with van der Waals surface area (Å²) in [6.45, 7) is 6.58. The molecule has 0 bridgehead atoms. The van der Waals surface area contributed by atoms with Gasteiger partial charge in [0.05, 0.1) is 17.7 Å². The normalized spacial score (nSPS) is 13.9. The molecule has 176 valence electrons. The second-order valence-corrected chi connectivity index (χ2v) is 7.85. The van der Waals surface area contributed by atoms with Crippen molar-refractivity contribution in [2.75, 3.05) is 56.6 Å². The Labute approximate surface area is 192 Å². The van der Waals surface area contributed by atoms with Gasteiger partial charge in [-0.05, 0) is 49.7 Å². The number of non-ortho nitro benzene ring substituents is 1. The summed E-state index contributed by atoms with van der Waals surface area (Å²) in [4.78, 5) is 39.2. The minimum atomic E-state index is -0.841. The molecule has 0 unspecified atom stereocenters. The lowest BCUT2D eigenvalue weighted by Crippen LogP contribution is -2.47. The van der Waals surface area contributed by atoms with Crippen molar-refractivity contribution in [3.63, 3.8) is 0 Å². The van der Waals surface area contributed by atoms with Crippen LogP contribution in [0, 0.1) is 17.0 Å². The van der Waals surface area contributed by atoms with Crippen LogP contribution in [0.25, 0.3) is 0 Å². The molecule has 0 aromatic heterocycles. The molecule has 1 saturated heterocycles. The van der Waals surface area contributed by atoms with Crippen LogP contribution in [0.4, 0.5) is 17.1 Å². The maximum absolute atomic E-state index is 12.1. The van der Waals surface area contributed by atoms with Crippen LogP contribution in [0.3, 0.4) is 0 Å². The average molecular weight is 456 g/mol. The predicted octanol–water partition coefficient (Wildman–Crippen LogP) is 2.18. The third-order valence-corrected chi connectivity index (χ3v) is 5.63. The number of aryl methyl sites for hydroxylation is 1. The van der Waals surface area contributed by atoms with Gasteiger partial charge in [0.2, 0.25) is 0 Å². The number of amides is 2. The number of nitro groups is 1. The predicted molar refractivity (Wildman–Crippen MR) is 126 cm³/mol. The number of hydrogen-bond donors (Lipinski definition) is 2. The SMILES string of the molecule is COc1ccc(N2CCN(CCCNC(=O)C(=O)Nc3cc([N+](=O)[O-])ccc3C)CC2)cc1. The Balaban J connectivity index is 1.36. The number of nitrogens with one attached hydrogen (secondary N) is 2. The third kappa shape index (κ3) is 6.66. The standard InChI is InChI=1S/C23H29N5O5/c1-17-4-5-19(28(31)32)16-21(17)25-23(30)22(29)24-10-3-11-26-12-14-27(15-13-26)18-6-8-20(33-2)9-7-18/h4-9,16H,3,10-15H2,1-2H3,(H,24,29)(H,25,30). The number of nitro benzene ring substituents is 1. The second kappa shape index (κ2) is 11.3. The first kappa shape index (κ1) is 24.0. The van der Waals surface area contributed by atoms with Gasteiger partial charge in [-0.3, -0.25) is 24.6 Å². The number of rotatable bonds is 8. The molecule has 0 atom stereocenters. The van der Waals surface area contributed by atoms with E-state index in [9.17, 15) is 19.7 Å². The Hall–Kier alpha value is -3.66. The summed E-state index contributed by atoms with van der Waals surface area (Å²) in [7, 11) is 1.65. The van der Waals surface area contributed by atoms with Gasteiger partial charge >= 0.3 is 11.8 Å². The van der Waals surface area contributed by atoms with Crippen molar-refractivity contribution in [3.05, 3.63) is 58.1 Å². The van der Waals surface area contributed by atoms with E-state index in [-0.39, 0.29) is 11.4 Å². The molecule has 10 heteroatoms.